The van der Waals surface area contributed by atoms with Gasteiger partial charge in [-0.15, -0.1) is 5.10 Å². The number of hydrogen-bond donors (Lipinski definition) is 0. The minimum Gasteiger partial charge on any atom is -0.370 e. The SMILES string of the molecule is N#Cc1c(F)ccc([C@@H]2CN3CCN(C(=O)C4CCc5nc(-n6cnnn6)ccc54)C[C@@H]3CO2)c1F. The molecule has 0 saturated carbocycles. The number of aryl methyl sites for hydroxylation is 1. The molecule has 12 heteroatoms. The van der Waals surface area contributed by atoms with Gasteiger partial charge in [0, 0.05) is 37.4 Å². The molecule has 0 spiro atoms. The number of rotatable bonds is 3. The van der Waals surface area contributed by atoms with Gasteiger partial charge in [0.2, 0.25) is 5.91 Å². The third-order valence-electron chi connectivity index (χ3n) is 7.31. The van der Waals surface area contributed by atoms with E-state index >= 15 is 0 Å². The fourth-order valence-corrected chi connectivity index (χ4v) is 5.42. The lowest BCUT2D eigenvalue weighted by atomic mass is 9.98. The number of aromatic nitrogens is 5. The molecule has 2 aliphatic heterocycles. The minimum absolute atomic E-state index is 0.0147. The Morgan fingerprint density at radius 2 is 2.00 bits per heavy atom. The third kappa shape index (κ3) is 3.81. The molecule has 1 amide bonds. The van der Waals surface area contributed by atoms with E-state index in [4.69, 9.17) is 10.00 Å². The van der Waals surface area contributed by atoms with Gasteiger partial charge in [0.05, 0.1) is 24.7 Å². The number of pyridine rings is 1. The van der Waals surface area contributed by atoms with Crippen LogP contribution in [0.2, 0.25) is 0 Å². The topological polar surface area (TPSA) is 113 Å². The minimum atomic E-state index is -0.880. The third-order valence-corrected chi connectivity index (χ3v) is 7.31. The van der Waals surface area contributed by atoms with Crippen LogP contribution >= 0.6 is 0 Å². The number of tetrazole rings is 1. The molecule has 36 heavy (non-hydrogen) atoms. The Morgan fingerprint density at radius 3 is 2.81 bits per heavy atom. The predicted octanol–water partition coefficient (Wildman–Crippen LogP) is 1.52. The van der Waals surface area contributed by atoms with Crippen LogP contribution in [0.15, 0.2) is 30.6 Å². The molecule has 3 atom stereocenters. The lowest BCUT2D eigenvalue weighted by Crippen LogP contribution is -2.60. The predicted molar refractivity (Wildman–Crippen MR) is 120 cm³/mol. The van der Waals surface area contributed by atoms with Gasteiger partial charge in [-0.25, -0.2) is 13.8 Å². The molecule has 184 valence electrons. The van der Waals surface area contributed by atoms with E-state index in [1.807, 2.05) is 17.0 Å². The van der Waals surface area contributed by atoms with Crippen LogP contribution in [0.3, 0.4) is 0 Å². The van der Waals surface area contributed by atoms with Gasteiger partial charge in [-0.1, -0.05) is 12.1 Å². The number of benzene rings is 1. The number of morpholine rings is 1. The van der Waals surface area contributed by atoms with Gasteiger partial charge in [-0.05, 0) is 41.0 Å². The zero-order chi connectivity index (χ0) is 24.8. The van der Waals surface area contributed by atoms with Crippen LogP contribution in [0.1, 0.15) is 40.8 Å². The largest absolute Gasteiger partial charge is 0.370 e. The van der Waals surface area contributed by atoms with Crippen molar-refractivity contribution in [3.8, 4) is 11.9 Å². The fourth-order valence-electron chi connectivity index (χ4n) is 5.42. The Balaban J connectivity index is 1.12. The zero-order valence-corrected chi connectivity index (χ0v) is 19.2. The molecule has 4 heterocycles. The number of nitriles is 1. The van der Waals surface area contributed by atoms with Gasteiger partial charge in [0.1, 0.15) is 29.6 Å². The quantitative estimate of drug-likeness (QED) is 0.541. The Morgan fingerprint density at radius 1 is 1.14 bits per heavy atom. The number of carbonyl (C=O) groups excluding carboxylic acids is 1. The average Bonchev–Trinajstić information content (AvgIpc) is 3.58. The van der Waals surface area contributed by atoms with Crippen molar-refractivity contribution >= 4 is 5.91 Å². The van der Waals surface area contributed by atoms with E-state index in [2.05, 4.69) is 25.4 Å². The van der Waals surface area contributed by atoms with Gasteiger partial charge in [-0.2, -0.15) is 9.94 Å². The molecule has 0 N–H and O–H groups in total. The molecule has 3 aromatic rings. The van der Waals surface area contributed by atoms with E-state index in [1.165, 1.54) is 17.1 Å². The lowest BCUT2D eigenvalue weighted by Gasteiger charge is -2.46. The van der Waals surface area contributed by atoms with Crippen LogP contribution in [0.4, 0.5) is 8.78 Å². The summed E-state index contributed by atoms with van der Waals surface area (Å²) in [5.74, 6) is -1.29. The van der Waals surface area contributed by atoms with Crippen molar-refractivity contribution in [3.63, 3.8) is 0 Å². The Kier molecular flexibility index (Phi) is 5.66. The van der Waals surface area contributed by atoms with Crippen LogP contribution in [-0.4, -0.2) is 79.7 Å². The second kappa shape index (κ2) is 9.00. The summed E-state index contributed by atoms with van der Waals surface area (Å²) in [7, 11) is 0. The number of hydrogen-bond acceptors (Lipinski definition) is 8. The molecular formula is C24H22F2N8O2. The van der Waals surface area contributed by atoms with Crippen molar-refractivity contribution in [1.29, 1.82) is 5.26 Å². The molecule has 1 aromatic carbocycles. The maximum atomic E-state index is 14.7. The molecule has 1 aliphatic carbocycles. The van der Waals surface area contributed by atoms with Crippen molar-refractivity contribution in [2.24, 2.45) is 0 Å². The average molecular weight is 492 g/mol. The highest BCUT2D eigenvalue weighted by atomic mass is 19.1. The molecule has 1 unspecified atom stereocenters. The highest BCUT2D eigenvalue weighted by Crippen LogP contribution is 2.35. The number of ether oxygens (including phenoxy) is 1. The van der Waals surface area contributed by atoms with Crippen molar-refractivity contribution in [2.45, 2.75) is 30.9 Å². The Bertz CT molecular complexity index is 1360. The maximum Gasteiger partial charge on any atom is 0.230 e. The summed E-state index contributed by atoms with van der Waals surface area (Å²) in [5.41, 5.74) is 1.42. The molecule has 2 aromatic heterocycles. The van der Waals surface area contributed by atoms with E-state index < -0.39 is 23.3 Å². The summed E-state index contributed by atoms with van der Waals surface area (Å²) in [6.45, 7) is 2.42. The van der Waals surface area contributed by atoms with E-state index in [0.29, 0.717) is 51.4 Å². The highest BCUT2D eigenvalue weighted by Gasteiger charge is 2.40. The second-order valence-electron chi connectivity index (χ2n) is 9.24. The van der Waals surface area contributed by atoms with Crippen LogP contribution in [0, 0.1) is 23.0 Å². The number of carbonyl (C=O) groups is 1. The first-order valence-electron chi connectivity index (χ1n) is 11.8. The van der Waals surface area contributed by atoms with Gasteiger partial charge in [0.15, 0.2) is 5.82 Å². The molecule has 10 nitrogen and oxygen atoms in total. The van der Waals surface area contributed by atoms with Crippen molar-refractivity contribution in [3.05, 3.63) is 64.6 Å². The summed E-state index contributed by atoms with van der Waals surface area (Å²) in [5, 5.41) is 20.2. The Labute approximate surface area is 205 Å². The number of amides is 1. The second-order valence-corrected chi connectivity index (χ2v) is 9.24. The number of nitrogens with zero attached hydrogens (tertiary/aromatic N) is 8. The molecule has 2 saturated heterocycles. The maximum absolute atomic E-state index is 14.7. The highest BCUT2D eigenvalue weighted by molar-refractivity contribution is 5.85. The van der Waals surface area contributed by atoms with Gasteiger partial charge in [0.25, 0.3) is 0 Å². The Hall–Kier alpha value is -3.82. The molecule has 3 aliphatic rings. The van der Waals surface area contributed by atoms with E-state index in [9.17, 15) is 13.6 Å². The summed E-state index contributed by atoms with van der Waals surface area (Å²) >= 11 is 0. The normalized spacial score (nSPS) is 23.7. The lowest BCUT2D eigenvalue weighted by molar-refractivity contribution is -0.141. The van der Waals surface area contributed by atoms with Crippen LogP contribution in [0.5, 0.6) is 0 Å². The van der Waals surface area contributed by atoms with Gasteiger partial charge < -0.3 is 9.64 Å². The molecular weight excluding hydrogens is 470 g/mol. The van der Waals surface area contributed by atoms with Crippen LogP contribution in [-0.2, 0) is 16.0 Å². The number of halogens is 2. The molecule has 0 radical (unpaired) electrons. The van der Waals surface area contributed by atoms with Crippen molar-refractivity contribution < 1.29 is 18.3 Å². The first-order chi connectivity index (χ1) is 17.5. The standard InChI is InChI=1S/C24H22F2N8O2/c25-19-4-1-17(23(26)18(19)9-27)21-11-32-7-8-33(10-14(32)12-36-21)24(35)16-2-5-20-15(16)3-6-22(29-20)34-13-28-30-31-34/h1,3-4,6,13-14,16,21H,2,5,7-8,10-12H2/t14-,16?,21+/m1/s1. The van der Waals surface area contributed by atoms with Crippen LogP contribution in [0.25, 0.3) is 5.82 Å². The summed E-state index contributed by atoms with van der Waals surface area (Å²) in [6.07, 6.45) is 2.30. The summed E-state index contributed by atoms with van der Waals surface area (Å²) in [6, 6.07) is 7.77. The number of fused-ring (bicyclic) bond motifs is 2. The van der Waals surface area contributed by atoms with Crippen molar-refractivity contribution in [2.75, 3.05) is 32.8 Å². The van der Waals surface area contributed by atoms with Crippen LogP contribution < -0.4 is 0 Å². The van der Waals surface area contributed by atoms with E-state index in [-0.39, 0.29) is 23.4 Å². The zero-order valence-electron chi connectivity index (χ0n) is 19.2. The first kappa shape index (κ1) is 22.6. The summed E-state index contributed by atoms with van der Waals surface area (Å²) in [4.78, 5) is 22.2. The van der Waals surface area contributed by atoms with Gasteiger partial charge in [-0.3, -0.25) is 9.69 Å². The van der Waals surface area contributed by atoms with E-state index in [0.717, 1.165) is 17.3 Å². The number of piperazine rings is 1. The molecule has 6 rings (SSSR count). The molecule has 0 bridgehead atoms. The van der Waals surface area contributed by atoms with Gasteiger partial charge >= 0.3 is 0 Å². The first-order valence-corrected chi connectivity index (χ1v) is 11.8. The fraction of sp³-hybridized carbons (Fsp3) is 0.417. The summed E-state index contributed by atoms with van der Waals surface area (Å²) < 4.78 is 35.8. The van der Waals surface area contributed by atoms with Crippen molar-refractivity contribution in [1.82, 2.24) is 35.0 Å². The molecule has 2 fully saturated rings. The monoisotopic (exact) mass is 492 g/mol. The van der Waals surface area contributed by atoms with E-state index in [1.54, 1.807) is 6.07 Å². The smallest absolute Gasteiger partial charge is 0.230 e.